The average molecular weight is 326 g/mol. The number of ether oxygens (including phenoxy) is 3. The van der Waals surface area contributed by atoms with E-state index in [1.165, 1.54) is 21.3 Å². The van der Waals surface area contributed by atoms with E-state index in [-0.39, 0.29) is 6.42 Å². The van der Waals surface area contributed by atoms with Gasteiger partial charge in [-0.1, -0.05) is 0 Å². The fourth-order valence-electron chi connectivity index (χ4n) is 1.87. The van der Waals surface area contributed by atoms with Crippen molar-refractivity contribution in [3.8, 4) is 11.5 Å². The number of hydrogen-bond donors (Lipinski definition) is 3. The van der Waals surface area contributed by atoms with E-state index >= 15 is 0 Å². The Morgan fingerprint density at radius 3 is 2.52 bits per heavy atom. The topological polar surface area (TPSA) is 106 Å². The summed E-state index contributed by atoms with van der Waals surface area (Å²) in [7, 11) is 4.51. The quantitative estimate of drug-likeness (QED) is 0.544. The fourth-order valence-corrected chi connectivity index (χ4v) is 1.87. The minimum absolute atomic E-state index is 0.214. The van der Waals surface area contributed by atoms with Crippen molar-refractivity contribution in [2.75, 3.05) is 39.8 Å². The Hall–Kier alpha value is -2.32. The highest BCUT2D eigenvalue weighted by atomic mass is 16.5. The van der Waals surface area contributed by atoms with Crippen molar-refractivity contribution < 1.29 is 28.9 Å². The van der Waals surface area contributed by atoms with E-state index in [0.717, 1.165) is 0 Å². The Balaban J connectivity index is 2.68. The van der Waals surface area contributed by atoms with E-state index in [1.54, 1.807) is 18.2 Å². The summed E-state index contributed by atoms with van der Waals surface area (Å²) in [5, 5.41) is 14.5. The summed E-state index contributed by atoms with van der Waals surface area (Å²) in [4.78, 5) is 23.2. The zero-order valence-electron chi connectivity index (χ0n) is 13.4. The van der Waals surface area contributed by atoms with Gasteiger partial charge in [-0.2, -0.15) is 0 Å². The number of benzene rings is 1. The maximum atomic E-state index is 12.1. The molecule has 8 heteroatoms. The molecule has 0 saturated carbocycles. The van der Waals surface area contributed by atoms with Gasteiger partial charge < -0.3 is 30.0 Å². The van der Waals surface area contributed by atoms with Crippen molar-refractivity contribution in [2.24, 2.45) is 0 Å². The van der Waals surface area contributed by atoms with Gasteiger partial charge >= 0.3 is 5.97 Å². The second-order valence-corrected chi connectivity index (χ2v) is 4.66. The van der Waals surface area contributed by atoms with Crippen LogP contribution < -0.4 is 20.1 Å². The first kappa shape index (κ1) is 18.7. The van der Waals surface area contributed by atoms with Crippen molar-refractivity contribution >= 4 is 17.6 Å². The summed E-state index contributed by atoms with van der Waals surface area (Å²) in [6, 6.07) is 3.93. The van der Waals surface area contributed by atoms with Gasteiger partial charge in [0.2, 0.25) is 5.91 Å². The van der Waals surface area contributed by atoms with Crippen LogP contribution in [0.2, 0.25) is 0 Å². The molecule has 8 nitrogen and oxygen atoms in total. The minimum Gasteiger partial charge on any atom is -0.497 e. The molecule has 0 spiro atoms. The molecule has 1 rings (SSSR count). The van der Waals surface area contributed by atoms with Crippen LogP contribution in [0.1, 0.15) is 6.42 Å². The molecule has 0 heterocycles. The van der Waals surface area contributed by atoms with Crippen LogP contribution in [0.5, 0.6) is 11.5 Å². The summed E-state index contributed by atoms with van der Waals surface area (Å²) in [6.07, 6.45) is -0.214. The Bertz CT molecular complexity index is 535. The molecule has 128 valence electrons. The first-order valence-electron chi connectivity index (χ1n) is 6.98. The molecule has 0 aromatic heterocycles. The van der Waals surface area contributed by atoms with Crippen LogP contribution in [0.15, 0.2) is 18.2 Å². The van der Waals surface area contributed by atoms with Crippen molar-refractivity contribution in [2.45, 2.75) is 12.5 Å². The highest BCUT2D eigenvalue weighted by Gasteiger charge is 2.21. The van der Waals surface area contributed by atoms with Crippen molar-refractivity contribution in [1.29, 1.82) is 0 Å². The molecule has 1 aromatic carbocycles. The third-order valence-corrected chi connectivity index (χ3v) is 3.07. The minimum atomic E-state index is -1.10. The zero-order valence-corrected chi connectivity index (χ0v) is 13.4. The van der Waals surface area contributed by atoms with Gasteiger partial charge in [0.15, 0.2) is 0 Å². The lowest BCUT2D eigenvalue weighted by atomic mass is 10.2. The molecule has 1 atom stereocenters. The molecule has 1 amide bonds. The first-order valence-corrected chi connectivity index (χ1v) is 6.98. The maximum absolute atomic E-state index is 12.1. The van der Waals surface area contributed by atoms with Crippen molar-refractivity contribution in [3.63, 3.8) is 0 Å². The number of carboxylic acids is 1. The average Bonchev–Trinajstić information content (AvgIpc) is 2.54. The molecule has 0 aliphatic rings. The van der Waals surface area contributed by atoms with Crippen molar-refractivity contribution in [3.05, 3.63) is 18.2 Å². The van der Waals surface area contributed by atoms with Crippen LogP contribution >= 0.6 is 0 Å². The Morgan fingerprint density at radius 1 is 1.22 bits per heavy atom. The lowest BCUT2D eigenvalue weighted by molar-refractivity contribution is -0.141. The van der Waals surface area contributed by atoms with Gasteiger partial charge in [0, 0.05) is 19.7 Å². The molecule has 0 bridgehead atoms. The molecular weight excluding hydrogens is 304 g/mol. The number of methoxy groups -OCH3 is 3. The number of rotatable bonds is 10. The van der Waals surface area contributed by atoms with E-state index in [2.05, 4.69) is 10.6 Å². The molecule has 3 N–H and O–H groups in total. The number of carboxylic acid groups (broad SMARTS) is 1. The first-order chi connectivity index (χ1) is 11.0. The predicted molar refractivity (Wildman–Crippen MR) is 84.1 cm³/mol. The summed E-state index contributed by atoms with van der Waals surface area (Å²) in [5.74, 6) is -0.523. The Labute approximate surface area is 134 Å². The number of amides is 1. The standard InChI is InChI=1S/C15H22N2O6/c1-21-7-6-16-12(15(19)20)9-14(18)17-11-5-4-10(22-2)8-13(11)23-3/h4-5,8,12,16H,6-7,9H2,1-3H3,(H,17,18)(H,19,20). The predicted octanol–water partition coefficient (Wildman–Crippen LogP) is 0.722. The molecule has 23 heavy (non-hydrogen) atoms. The van der Waals surface area contributed by atoms with Crippen LogP contribution in [0.25, 0.3) is 0 Å². The van der Waals surface area contributed by atoms with E-state index in [4.69, 9.17) is 19.3 Å². The summed E-state index contributed by atoms with van der Waals surface area (Å²) in [5.41, 5.74) is 0.444. The van der Waals surface area contributed by atoms with E-state index in [1.807, 2.05) is 0 Å². The monoisotopic (exact) mass is 326 g/mol. The Morgan fingerprint density at radius 2 is 1.96 bits per heavy atom. The molecule has 1 unspecified atom stereocenters. The van der Waals surface area contributed by atoms with E-state index < -0.39 is 17.9 Å². The molecular formula is C15H22N2O6. The summed E-state index contributed by atoms with van der Waals surface area (Å²) < 4.78 is 15.1. The highest BCUT2D eigenvalue weighted by molar-refractivity contribution is 5.95. The lowest BCUT2D eigenvalue weighted by Crippen LogP contribution is -2.41. The van der Waals surface area contributed by atoms with Crippen LogP contribution in [0.4, 0.5) is 5.69 Å². The molecule has 1 aromatic rings. The van der Waals surface area contributed by atoms with Crippen LogP contribution in [-0.2, 0) is 14.3 Å². The SMILES string of the molecule is COCCNC(CC(=O)Nc1ccc(OC)cc1OC)C(=O)O. The normalized spacial score (nSPS) is 11.6. The number of anilines is 1. The van der Waals surface area contributed by atoms with Gasteiger partial charge in [-0.15, -0.1) is 0 Å². The molecule has 0 radical (unpaired) electrons. The second-order valence-electron chi connectivity index (χ2n) is 4.66. The van der Waals surface area contributed by atoms with Gasteiger partial charge in [-0.3, -0.25) is 9.59 Å². The zero-order chi connectivity index (χ0) is 17.2. The fraction of sp³-hybridized carbons (Fsp3) is 0.467. The van der Waals surface area contributed by atoms with Gasteiger partial charge in [0.25, 0.3) is 0 Å². The van der Waals surface area contributed by atoms with Gasteiger partial charge in [-0.25, -0.2) is 0 Å². The molecule has 0 aliphatic heterocycles. The van der Waals surface area contributed by atoms with Crippen LogP contribution in [0, 0.1) is 0 Å². The molecule has 0 fully saturated rings. The number of carbonyl (C=O) groups excluding carboxylic acids is 1. The lowest BCUT2D eigenvalue weighted by Gasteiger charge is -2.15. The van der Waals surface area contributed by atoms with Gasteiger partial charge in [0.05, 0.1) is 32.9 Å². The number of hydrogen-bond acceptors (Lipinski definition) is 6. The van der Waals surface area contributed by atoms with Crippen LogP contribution in [-0.4, -0.2) is 57.5 Å². The van der Waals surface area contributed by atoms with Gasteiger partial charge in [-0.05, 0) is 12.1 Å². The molecule has 0 saturated heterocycles. The number of nitrogens with one attached hydrogen (secondary N) is 2. The van der Waals surface area contributed by atoms with Crippen molar-refractivity contribution in [1.82, 2.24) is 5.32 Å². The smallest absolute Gasteiger partial charge is 0.321 e. The second kappa shape index (κ2) is 9.65. The molecule has 0 aliphatic carbocycles. The van der Waals surface area contributed by atoms with Gasteiger partial charge in [0.1, 0.15) is 17.5 Å². The number of aliphatic carboxylic acids is 1. The maximum Gasteiger partial charge on any atom is 0.321 e. The van der Waals surface area contributed by atoms with Crippen LogP contribution in [0.3, 0.4) is 0 Å². The largest absolute Gasteiger partial charge is 0.497 e. The third-order valence-electron chi connectivity index (χ3n) is 3.07. The van der Waals surface area contributed by atoms with E-state index in [0.29, 0.717) is 30.3 Å². The summed E-state index contributed by atoms with van der Waals surface area (Å²) in [6.45, 7) is 0.699. The summed E-state index contributed by atoms with van der Waals surface area (Å²) >= 11 is 0. The Kier molecular flexibility index (Phi) is 7.86. The highest BCUT2D eigenvalue weighted by Crippen LogP contribution is 2.29. The number of carbonyl (C=O) groups is 2. The van der Waals surface area contributed by atoms with E-state index in [9.17, 15) is 9.59 Å². The third kappa shape index (κ3) is 6.13.